The highest BCUT2D eigenvalue weighted by molar-refractivity contribution is 5.72. The summed E-state index contributed by atoms with van der Waals surface area (Å²) < 4.78 is 1.85. The molecule has 0 aliphatic rings. The van der Waals surface area contributed by atoms with Crippen LogP contribution in [0.15, 0.2) is 36.5 Å². The molecule has 1 aromatic heterocycles. The van der Waals surface area contributed by atoms with Crippen LogP contribution < -0.4 is 5.32 Å². The van der Waals surface area contributed by atoms with Crippen LogP contribution in [-0.2, 0) is 16.8 Å². The van der Waals surface area contributed by atoms with Gasteiger partial charge in [-0.05, 0) is 19.1 Å². The Morgan fingerprint density at radius 3 is 2.50 bits per heavy atom. The van der Waals surface area contributed by atoms with Gasteiger partial charge in [-0.3, -0.25) is 4.79 Å². The van der Waals surface area contributed by atoms with Crippen LogP contribution in [0.2, 0.25) is 0 Å². The van der Waals surface area contributed by atoms with Gasteiger partial charge in [-0.15, -0.1) is 0 Å². The number of aliphatic carboxylic acids is 1. The van der Waals surface area contributed by atoms with Gasteiger partial charge in [0.2, 0.25) is 0 Å². The van der Waals surface area contributed by atoms with E-state index in [1.807, 2.05) is 41.2 Å². The Morgan fingerprint density at radius 1 is 1.32 bits per heavy atom. The zero-order valence-corrected chi connectivity index (χ0v) is 13.5. The second kappa shape index (κ2) is 6.32. The number of rotatable bonds is 5. The van der Waals surface area contributed by atoms with Crippen LogP contribution in [0.4, 0.5) is 0 Å². The molecule has 1 unspecified atom stereocenters. The van der Waals surface area contributed by atoms with E-state index >= 15 is 0 Å². The summed E-state index contributed by atoms with van der Waals surface area (Å²) in [6.45, 7) is 8.44. The van der Waals surface area contributed by atoms with E-state index in [1.54, 1.807) is 6.92 Å². The third-order valence-corrected chi connectivity index (χ3v) is 3.49. The second-order valence-electron chi connectivity index (χ2n) is 6.47. The van der Waals surface area contributed by atoms with E-state index in [-0.39, 0.29) is 5.41 Å². The minimum atomic E-state index is -0.854. The van der Waals surface area contributed by atoms with Crippen LogP contribution in [0.1, 0.15) is 39.0 Å². The van der Waals surface area contributed by atoms with Gasteiger partial charge >= 0.3 is 5.97 Å². The van der Waals surface area contributed by atoms with E-state index in [0.717, 1.165) is 16.9 Å². The average molecular weight is 301 g/mol. The SMILES string of the molecule is CC(NCc1cn(-c2ccccc2)nc1C(C)(C)C)C(=O)O. The molecular formula is C17H23N3O2. The Bertz CT molecular complexity index is 642. The molecule has 0 aliphatic carbocycles. The molecule has 1 aromatic carbocycles. The maximum absolute atomic E-state index is 10.9. The molecule has 0 saturated carbocycles. The molecule has 0 bridgehead atoms. The quantitative estimate of drug-likeness (QED) is 0.891. The van der Waals surface area contributed by atoms with Gasteiger partial charge in [-0.2, -0.15) is 5.10 Å². The summed E-state index contributed by atoms with van der Waals surface area (Å²) in [4.78, 5) is 10.9. The molecule has 0 saturated heterocycles. The highest BCUT2D eigenvalue weighted by atomic mass is 16.4. The number of hydrogen-bond donors (Lipinski definition) is 2. The summed E-state index contributed by atoms with van der Waals surface area (Å²) in [5.41, 5.74) is 2.88. The molecule has 0 fully saturated rings. The van der Waals surface area contributed by atoms with Gasteiger partial charge in [-0.25, -0.2) is 4.68 Å². The second-order valence-corrected chi connectivity index (χ2v) is 6.47. The Hall–Kier alpha value is -2.14. The number of hydrogen-bond acceptors (Lipinski definition) is 3. The molecule has 5 nitrogen and oxygen atoms in total. The van der Waals surface area contributed by atoms with E-state index < -0.39 is 12.0 Å². The highest BCUT2D eigenvalue weighted by Gasteiger charge is 2.23. The average Bonchev–Trinajstić information content (AvgIpc) is 2.90. The van der Waals surface area contributed by atoms with Crippen molar-refractivity contribution < 1.29 is 9.90 Å². The van der Waals surface area contributed by atoms with Crippen LogP contribution in [0.5, 0.6) is 0 Å². The van der Waals surface area contributed by atoms with Gasteiger partial charge in [0, 0.05) is 23.7 Å². The summed E-state index contributed by atoms with van der Waals surface area (Å²) in [5, 5.41) is 16.7. The van der Waals surface area contributed by atoms with Gasteiger partial charge in [0.15, 0.2) is 0 Å². The third-order valence-electron chi connectivity index (χ3n) is 3.49. The Morgan fingerprint density at radius 2 is 1.95 bits per heavy atom. The van der Waals surface area contributed by atoms with Crippen molar-refractivity contribution in [2.75, 3.05) is 0 Å². The lowest BCUT2D eigenvalue weighted by Gasteiger charge is -2.18. The van der Waals surface area contributed by atoms with Crippen molar-refractivity contribution >= 4 is 5.97 Å². The predicted octanol–water partition coefficient (Wildman–Crippen LogP) is 2.73. The number of nitrogens with zero attached hydrogens (tertiary/aromatic N) is 2. The number of nitrogens with one attached hydrogen (secondary N) is 1. The Kier molecular flexibility index (Phi) is 4.66. The van der Waals surface area contributed by atoms with Crippen LogP contribution in [-0.4, -0.2) is 26.9 Å². The largest absolute Gasteiger partial charge is 0.480 e. The number of carboxylic acid groups (broad SMARTS) is 1. The lowest BCUT2D eigenvalue weighted by atomic mass is 9.89. The minimum Gasteiger partial charge on any atom is -0.480 e. The number of carboxylic acids is 1. The predicted molar refractivity (Wildman–Crippen MR) is 86.2 cm³/mol. The van der Waals surface area contributed by atoms with Crippen LogP contribution in [0, 0.1) is 0 Å². The molecular weight excluding hydrogens is 278 g/mol. The van der Waals surface area contributed by atoms with Crippen molar-refractivity contribution in [1.29, 1.82) is 0 Å². The lowest BCUT2D eigenvalue weighted by Crippen LogP contribution is -2.33. The van der Waals surface area contributed by atoms with Crippen molar-refractivity contribution in [3.8, 4) is 5.69 Å². The van der Waals surface area contributed by atoms with Crippen molar-refractivity contribution in [3.05, 3.63) is 47.8 Å². The van der Waals surface area contributed by atoms with E-state index in [4.69, 9.17) is 10.2 Å². The number of para-hydroxylation sites is 1. The Balaban J connectivity index is 2.31. The van der Waals surface area contributed by atoms with Crippen LogP contribution in [0.3, 0.4) is 0 Å². The fourth-order valence-electron chi connectivity index (χ4n) is 2.23. The molecule has 0 spiro atoms. The Labute approximate surface area is 131 Å². The number of carbonyl (C=O) groups is 1. The standard InChI is InChI=1S/C17H23N3O2/c1-12(16(21)22)18-10-13-11-20(14-8-6-5-7-9-14)19-15(13)17(2,3)4/h5-9,11-12,18H,10H2,1-4H3,(H,21,22). The molecule has 5 heteroatoms. The highest BCUT2D eigenvalue weighted by Crippen LogP contribution is 2.25. The molecule has 1 heterocycles. The molecule has 0 amide bonds. The zero-order chi connectivity index (χ0) is 16.3. The van der Waals surface area contributed by atoms with Crippen molar-refractivity contribution in [2.45, 2.75) is 45.7 Å². The fraction of sp³-hybridized carbons (Fsp3) is 0.412. The van der Waals surface area contributed by atoms with Crippen molar-refractivity contribution in [2.24, 2.45) is 0 Å². The molecule has 118 valence electrons. The minimum absolute atomic E-state index is 0.108. The van der Waals surface area contributed by atoms with Gasteiger partial charge in [0.25, 0.3) is 0 Å². The summed E-state index contributed by atoms with van der Waals surface area (Å²) in [6.07, 6.45) is 1.97. The van der Waals surface area contributed by atoms with Crippen molar-refractivity contribution in [1.82, 2.24) is 15.1 Å². The maximum atomic E-state index is 10.9. The molecule has 0 radical (unpaired) electrons. The first kappa shape index (κ1) is 16.2. The first-order chi connectivity index (χ1) is 10.3. The van der Waals surface area contributed by atoms with E-state index in [9.17, 15) is 4.79 Å². The zero-order valence-electron chi connectivity index (χ0n) is 13.5. The molecule has 2 N–H and O–H groups in total. The van der Waals surface area contributed by atoms with Gasteiger partial charge in [0.1, 0.15) is 6.04 Å². The third kappa shape index (κ3) is 3.74. The van der Waals surface area contributed by atoms with Gasteiger partial charge in [0.05, 0.1) is 11.4 Å². The van der Waals surface area contributed by atoms with E-state index in [0.29, 0.717) is 6.54 Å². The summed E-state index contributed by atoms with van der Waals surface area (Å²) in [6, 6.07) is 9.31. The lowest BCUT2D eigenvalue weighted by molar-refractivity contribution is -0.139. The first-order valence-corrected chi connectivity index (χ1v) is 7.39. The van der Waals surface area contributed by atoms with Crippen molar-refractivity contribution in [3.63, 3.8) is 0 Å². The molecule has 2 rings (SSSR count). The fourth-order valence-corrected chi connectivity index (χ4v) is 2.23. The van der Waals surface area contributed by atoms with Crippen LogP contribution in [0.25, 0.3) is 5.69 Å². The molecule has 0 aliphatic heterocycles. The molecule has 1 atom stereocenters. The van der Waals surface area contributed by atoms with Gasteiger partial charge in [-0.1, -0.05) is 39.0 Å². The molecule has 22 heavy (non-hydrogen) atoms. The summed E-state index contributed by atoms with van der Waals surface area (Å²) in [7, 11) is 0. The summed E-state index contributed by atoms with van der Waals surface area (Å²) >= 11 is 0. The van der Waals surface area contributed by atoms with E-state index in [2.05, 4.69) is 26.1 Å². The maximum Gasteiger partial charge on any atom is 0.320 e. The van der Waals surface area contributed by atoms with Gasteiger partial charge < -0.3 is 10.4 Å². The summed E-state index contributed by atoms with van der Waals surface area (Å²) in [5.74, 6) is -0.854. The smallest absolute Gasteiger partial charge is 0.320 e. The molecule has 2 aromatic rings. The topological polar surface area (TPSA) is 67.2 Å². The van der Waals surface area contributed by atoms with E-state index in [1.165, 1.54) is 0 Å². The first-order valence-electron chi connectivity index (χ1n) is 7.39. The van der Waals surface area contributed by atoms with Crippen LogP contribution >= 0.6 is 0 Å². The normalized spacial score (nSPS) is 13.1. The number of aromatic nitrogens is 2. The monoisotopic (exact) mass is 301 g/mol. The number of benzene rings is 1.